The Morgan fingerprint density at radius 2 is 2.08 bits per heavy atom. The topological polar surface area (TPSA) is 80.0 Å². The normalized spacial score (nSPS) is 13.0. The number of rotatable bonds is 4. The number of aromatic nitrogens is 5. The van der Waals surface area contributed by atoms with Gasteiger partial charge in [0.25, 0.3) is 5.91 Å². The van der Waals surface area contributed by atoms with Gasteiger partial charge in [-0.1, -0.05) is 19.9 Å². The molecule has 0 saturated carbocycles. The number of amides is 1. The largest absolute Gasteiger partial charge is 0.342 e. The lowest BCUT2D eigenvalue weighted by atomic mass is 10.0. The van der Waals surface area contributed by atoms with Gasteiger partial charge in [-0.15, -0.1) is 0 Å². The van der Waals surface area contributed by atoms with E-state index in [1.165, 1.54) is 5.56 Å². The molecule has 1 aromatic carbocycles. The van der Waals surface area contributed by atoms with E-state index < -0.39 is 0 Å². The van der Waals surface area contributed by atoms with E-state index >= 15 is 0 Å². The summed E-state index contributed by atoms with van der Waals surface area (Å²) in [4.78, 5) is 21.0. The Labute approximate surface area is 151 Å². The van der Waals surface area contributed by atoms with Gasteiger partial charge in [-0.25, -0.2) is 9.50 Å². The third kappa shape index (κ3) is 2.65. The van der Waals surface area contributed by atoms with Crippen LogP contribution in [0.5, 0.6) is 0 Å². The van der Waals surface area contributed by atoms with E-state index in [2.05, 4.69) is 40.3 Å². The van der Waals surface area contributed by atoms with Gasteiger partial charge in [0.15, 0.2) is 0 Å². The maximum atomic E-state index is 12.9. The number of nitrogens with one attached hydrogen (secondary N) is 2. The number of hydrogen-bond acceptors (Lipinski definition) is 3. The van der Waals surface area contributed by atoms with Crippen molar-refractivity contribution in [1.29, 1.82) is 0 Å². The van der Waals surface area contributed by atoms with Crippen molar-refractivity contribution in [3.63, 3.8) is 0 Å². The van der Waals surface area contributed by atoms with Gasteiger partial charge in [-0.05, 0) is 30.5 Å². The summed E-state index contributed by atoms with van der Waals surface area (Å²) >= 11 is 0. The summed E-state index contributed by atoms with van der Waals surface area (Å²) in [7, 11) is 1.90. The number of fused-ring (bicyclic) bond motifs is 2. The van der Waals surface area contributed by atoms with Crippen LogP contribution in [-0.4, -0.2) is 30.1 Å². The fraction of sp³-hybridized carbons (Fsp3) is 0.316. The molecule has 4 aromatic rings. The molecule has 7 nitrogen and oxygen atoms in total. The number of carbonyl (C=O) groups is 1. The highest BCUT2D eigenvalue weighted by Gasteiger charge is 2.24. The molecule has 0 aliphatic rings. The summed E-state index contributed by atoms with van der Waals surface area (Å²) in [6.07, 6.45) is 5.30. The number of H-pyrrole nitrogens is 1. The van der Waals surface area contributed by atoms with Crippen molar-refractivity contribution in [2.75, 3.05) is 0 Å². The Hall–Kier alpha value is -3.09. The Kier molecular flexibility index (Phi) is 3.79. The fourth-order valence-electron chi connectivity index (χ4n) is 3.27. The maximum Gasteiger partial charge on any atom is 0.257 e. The lowest BCUT2D eigenvalue weighted by Crippen LogP contribution is -2.32. The first-order valence-corrected chi connectivity index (χ1v) is 8.70. The molecule has 0 aliphatic carbocycles. The van der Waals surface area contributed by atoms with Gasteiger partial charge in [-0.2, -0.15) is 5.10 Å². The summed E-state index contributed by atoms with van der Waals surface area (Å²) in [6.45, 7) is 6.19. The van der Waals surface area contributed by atoms with Gasteiger partial charge in [0.05, 0.1) is 23.3 Å². The van der Waals surface area contributed by atoms with E-state index in [-0.39, 0.29) is 17.9 Å². The van der Waals surface area contributed by atoms with E-state index in [1.807, 2.05) is 43.1 Å². The molecule has 0 aliphatic heterocycles. The minimum Gasteiger partial charge on any atom is -0.342 e. The van der Waals surface area contributed by atoms with E-state index in [9.17, 15) is 4.79 Å². The van der Waals surface area contributed by atoms with Crippen LogP contribution in [-0.2, 0) is 7.05 Å². The minimum absolute atomic E-state index is 0.155. The molecule has 0 saturated heterocycles. The van der Waals surface area contributed by atoms with Gasteiger partial charge in [0.1, 0.15) is 17.0 Å². The van der Waals surface area contributed by atoms with Crippen LogP contribution < -0.4 is 5.32 Å². The first kappa shape index (κ1) is 16.4. The molecular formula is C19H22N6O. The van der Waals surface area contributed by atoms with Crippen LogP contribution in [0.1, 0.15) is 41.6 Å². The van der Waals surface area contributed by atoms with Gasteiger partial charge in [0, 0.05) is 19.4 Å². The van der Waals surface area contributed by atoms with E-state index in [1.54, 1.807) is 10.7 Å². The van der Waals surface area contributed by atoms with Crippen LogP contribution in [0.4, 0.5) is 0 Å². The summed E-state index contributed by atoms with van der Waals surface area (Å²) in [5.41, 5.74) is 4.38. The van der Waals surface area contributed by atoms with Gasteiger partial charge in [-0.3, -0.25) is 4.79 Å². The predicted octanol–water partition coefficient (Wildman–Crippen LogP) is 2.98. The van der Waals surface area contributed by atoms with Gasteiger partial charge < -0.3 is 14.9 Å². The average Bonchev–Trinajstić information content (AvgIpc) is 3.28. The summed E-state index contributed by atoms with van der Waals surface area (Å²) < 4.78 is 3.58. The summed E-state index contributed by atoms with van der Waals surface area (Å²) in [5, 5.41) is 7.36. The zero-order valence-corrected chi connectivity index (χ0v) is 15.3. The second-order valence-corrected chi connectivity index (χ2v) is 7.07. The summed E-state index contributed by atoms with van der Waals surface area (Å²) in [5.74, 6) is 0.793. The Balaban J connectivity index is 1.68. The molecule has 4 rings (SSSR count). The first-order valence-electron chi connectivity index (χ1n) is 8.70. The number of nitrogens with zero attached hydrogens (tertiary/aromatic N) is 4. The van der Waals surface area contributed by atoms with Crippen molar-refractivity contribution < 1.29 is 4.79 Å². The lowest BCUT2D eigenvalue weighted by molar-refractivity contribution is 0.0924. The predicted molar refractivity (Wildman–Crippen MR) is 100 cm³/mol. The van der Waals surface area contributed by atoms with Crippen molar-refractivity contribution >= 4 is 22.6 Å². The maximum absolute atomic E-state index is 12.9. The zero-order chi connectivity index (χ0) is 18.4. The Morgan fingerprint density at radius 3 is 2.85 bits per heavy atom. The molecule has 26 heavy (non-hydrogen) atoms. The SMILES string of the molecule is Cc1ccc2nc([C@@H](NC(=O)c3cnn4ccn(C)c34)C(C)C)[nH]c2c1. The van der Waals surface area contributed by atoms with Crippen LogP contribution in [0.2, 0.25) is 0 Å². The zero-order valence-electron chi connectivity index (χ0n) is 15.3. The third-order valence-electron chi connectivity index (χ3n) is 4.68. The van der Waals surface area contributed by atoms with Crippen LogP contribution >= 0.6 is 0 Å². The Bertz CT molecular complexity index is 1100. The highest BCUT2D eigenvalue weighted by molar-refractivity contribution is 6.00. The molecule has 7 heteroatoms. The average molecular weight is 350 g/mol. The molecule has 1 atom stereocenters. The molecule has 2 N–H and O–H groups in total. The number of aromatic amines is 1. The van der Waals surface area contributed by atoms with Crippen LogP contribution in [0.3, 0.4) is 0 Å². The lowest BCUT2D eigenvalue weighted by Gasteiger charge is -2.20. The standard InChI is InChI=1S/C19H22N6O/c1-11(2)16(17-21-14-6-5-12(3)9-15(14)22-17)23-18(26)13-10-20-25-8-7-24(4)19(13)25/h5-11,16H,1-4H3,(H,21,22)(H,23,26)/t16-/m0/s1. The molecule has 0 fully saturated rings. The third-order valence-corrected chi connectivity index (χ3v) is 4.68. The quantitative estimate of drug-likeness (QED) is 0.594. The monoisotopic (exact) mass is 350 g/mol. The second kappa shape index (κ2) is 6.01. The first-order chi connectivity index (χ1) is 12.4. The van der Waals surface area contributed by atoms with Gasteiger partial charge >= 0.3 is 0 Å². The molecule has 3 aromatic heterocycles. The number of imidazole rings is 2. The van der Waals surface area contributed by atoms with E-state index in [0.29, 0.717) is 5.56 Å². The van der Waals surface area contributed by atoms with Crippen LogP contribution in [0.25, 0.3) is 16.7 Å². The molecule has 0 unspecified atom stereocenters. The van der Waals surface area contributed by atoms with Crippen molar-refractivity contribution in [1.82, 2.24) is 29.5 Å². The number of aryl methyl sites for hydroxylation is 2. The second-order valence-electron chi connectivity index (χ2n) is 7.07. The number of hydrogen-bond donors (Lipinski definition) is 2. The van der Waals surface area contributed by atoms with Crippen molar-refractivity contribution in [2.45, 2.75) is 26.8 Å². The van der Waals surface area contributed by atoms with Crippen LogP contribution in [0.15, 0.2) is 36.8 Å². The minimum atomic E-state index is -0.217. The number of carbonyl (C=O) groups excluding carboxylic acids is 1. The molecular weight excluding hydrogens is 328 g/mol. The highest BCUT2D eigenvalue weighted by Crippen LogP contribution is 2.24. The smallest absolute Gasteiger partial charge is 0.257 e. The van der Waals surface area contributed by atoms with Crippen LogP contribution in [0, 0.1) is 12.8 Å². The summed E-state index contributed by atoms with van der Waals surface area (Å²) in [6, 6.07) is 5.88. The number of benzene rings is 1. The van der Waals surface area contributed by atoms with E-state index in [4.69, 9.17) is 0 Å². The molecule has 134 valence electrons. The van der Waals surface area contributed by atoms with Crippen molar-refractivity contribution in [2.24, 2.45) is 13.0 Å². The highest BCUT2D eigenvalue weighted by atomic mass is 16.1. The van der Waals surface area contributed by atoms with Gasteiger partial charge in [0.2, 0.25) is 0 Å². The molecule has 3 heterocycles. The van der Waals surface area contributed by atoms with Crippen molar-refractivity contribution in [3.05, 3.63) is 53.7 Å². The molecule has 0 radical (unpaired) electrons. The molecule has 1 amide bonds. The van der Waals surface area contributed by atoms with Crippen molar-refractivity contribution in [3.8, 4) is 0 Å². The molecule has 0 bridgehead atoms. The fourth-order valence-corrected chi connectivity index (χ4v) is 3.27. The molecule has 0 spiro atoms. The van der Waals surface area contributed by atoms with E-state index in [0.717, 1.165) is 22.5 Å². The Morgan fingerprint density at radius 1 is 1.27 bits per heavy atom.